The molecule has 26 heavy (non-hydrogen) atoms. The summed E-state index contributed by atoms with van der Waals surface area (Å²) in [6.07, 6.45) is 2.40. The molecule has 138 valence electrons. The second-order valence-electron chi connectivity index (χ2n) is 6.12. The van der Waals surface area contributed by atoms with Crippen LogP contribution >= 0.6 is 11.8 Å². The molecular formula is C19H19F3N2OS. The highest BCUT2D eigenvalue weighted by Crippen LogP contribution is 2.36. The van der Waals surface area contributed by atoms with Gasteiger partial charge in [0, 0.05) is 35.8 Å². The van der Waals surface area contributed by atoms with Crippen LogP contribution < -0.4 is 10.2 Å². The van der Waals surface area contributed by atoms with Gasteiger partial charge in [-0.2, -0.15) is 13.2 Å². The number of alkyl halides is 3. The summed E-state index contributed by atoms with van der Waals surface area (Å²) in [5, 5.41) is 2.81. The lowest BCUT2D eigenvalue weighted by atomic mass is 10.1. The number of nitrogens with one attached hydrogen (secondary N) is 1. The van der Waals surface area contributed by atoms with Crippen molar-refractivity contribution < 1.29 is 18.0 Å². The average Bonchev–Trinajstić information content (AvgIpc) is 3.14. The second-order valence-corrected chi connectivity index (χ2v) is 7.26. The molecule has 0 saturated carbocycles. The molecule has 1 N–H and O–H groups in total. The van der Waals surface area contributed by atoms with Crippen molar-refractivity contribution in [1.82, 2.24) is 5.32 Å². The van der Waals surface area contributed by atoms with Crippen molar-refractivity contribution in [1.29, 1.82) is 0 Å². The predicted octanol–water partition coefficient (Wildman–Crippen LogP) is 4.83. The van der Waals surface area contributed by atoms with Crippen molar-refractivity contribution in [3.05, 3.63) is 59.7 Å². The first-order chi connectivity index (χ1) is 12.4. The lowest BCUT2D eigenvalue weighted by Gasteiger charge is -2.18. The summed E-state index contributed by atoms with van der Waals surface area (Å²) in [5.74, 6) is -0.305. The van der Waals surface area contributed by atoms with E-state index in [2.05, 4.69) is 22.3 Å². The fraction of sp³-hybridized carbons (Fsp3) is 0.316. The van der Waals surface area contributed by atoms with Crippen LogP contribution in [0.5, 0.6) is 0 Å². The minimum atomic E-state index is -4.33. The van der Waals surface area contributed by atoms with Gasteiger partial charge in [-0.05, 0) is 66.6 Å². The van der Waals surface area contributed by atoms with Crippen molar-refractivity contribution in [2.45, 2.75) is 29.8 Å². The Kier molecular flexibility index (Phi) is 5.76. The number of hydrogen-bond donors (Lipinski definition) is 1. The Hall–Kier alpha value is -2.15. The summed E-state index contributed by atoms with van der Waals surface area (Å²) in [4.78, 5) is 14.6. The van der Waals surface area contributed by atoms with E-state index in [1.807, 2.05) is 12.1 Å². The Morgan fingerprint density at radius 1 is 1.08 bits per heavy atom. The van der Waals surface area contributed by atoms with E-state index in [1.54, 1.807) is 0 Å². The zero-order chi connectivity index (χ0) is 18.6. The van der Waals surface area contributed by atoms with Gasteiger partial charge in [0.05, 0.1) is 0 Å². The number of nitrogens with zero attached hydrogens (tertiary/aromatic N) is 1. The zero-order valence-electron chi connectivity index (χ0n) is 14.1. The van der Waals surface area contributed by atoms with E-state index in [-0.39, 0.29) is 22.6 Å². The maximum absolute atomic E-state index is 12.3. The van der Waals surface area contributed by atoms with Crippen LogP contribution in [0, 0.1) is 0 Å². The molecule has 2 aromatic rings. The van der Waals surface area contributed by atoms with Crippen molar-refractivity contribution >= 4 is 23.4 Å². The number of carbonyl (C=O) groups is 1. The lowest BCUT2D eigenvalue weighted by molar-refractivity contribution is -0.0328. The van der Waals surface area contributed by atoms with E-state index in [4.69, 9.17) is 0 Å². The van der Waals surface area contributed by atoms with Gasteiger partial charge in [-0.25, -0.2) is 0 Å². The van der Waals surface area contributed by atoms with Gasteiger partial charge in [0.2, 0.25) is 0 Å². The molecule has 1 aliphatic heterocycles. The molecule has 3 rings (SSSR count). The largest absolute Gasteiger partial charge is 0.446 e. The molecule has 0 bridgehead atoms. The first-order valence-corrected chi connectivity index (χ1v) is 9.20. The van der Waals surface area contributed by atoms with Crippen LogP contribution in [0.15, 0.2) is 53.4 Å². The minimum Gasteiger partial charge on any atom is -0.372 e. The van der Waals surface area contributed by atoms with Gasteiger partial charge in [-0.3, -0.25) is 4.79 Å². The molecule has 1 fully saturated rings. The molecule has 1 saturated heterocycles. The Bertz CT molecular complexity index is 756. The van der Waals surface area contributed by atoms with Gasteiger partial charge >= 0.3 is 5.51 Å². The smallest absolute Gasteiger partial charge is 0.372 e. The normalized spacial score (nSPS) is 14.5. The second kappa shape index (κ2) is 8.03. The van der Waals surface area contributed by atoms with Crippen LogP contribution in [0.25, 0.3) is 0 Å². The number of amides is 1. The topological polar surface area (TPSA) is 32.3 Å². The Balaban J connectivity index is 1.57. The number of thioether (sulfide) groups is 1. The van der Waals surface area contributed by atoms with Crippen LogP contribution in [-0.4, -0.2) is 24.5 Å². The molecule has 0 atom stereocenters. The first kappa shape index (κ1) is 18.6. The van der Waals surface area contributed by atoms with E-state index in [1.165, 1.54) is 37.1 Å². The van der Waals surface area contributed by atoms with Gasteiger partial charge in [0.15, 0.2) is 0 Å². The number of rotatable bonds is 5. The third-order valence-corrected chi connectivity index (χ3v) is 4.92. The summed E-state index contributed by atoms with van der Waals surface area (Å²) < 4.78 is 37.0. The van der Waals surface area contributed by atoms with Crippen molar-refractivity contribution in [3.8, 4) is 0 Å². The number of benzene rings is 2. The maximum Gasteiger partial charge on any atom is 0.446 e. The highest BCUT2D eigenvalue weighted by molar-refractivity contribution is 8.00. The Morgan fingerprint density at radius 2 is 1.77 bits per heavy atom. The highest BCUT2D eigenvalue weighted by Gasteiger charge is 2.29. The summed E-state index contributed by atoms with van der Waals surface area (Å²) in [6.45, 7) is 2.48. The SMILES string of the molecule is O=C(NCc1cccc(N2CCCC2)c1)c1ccc(SC(F)(F)F)cc1. The molecule has 0 aliphatic carbocycles. The van der Waals surface area contributed by atoms with Gasteiger partial charge in [0.25, 0.3) is 5.91 Å². The number of carbonyl (C=O) groups excluding carboxylic acids is 1. The molecular weight excluding hydrogens is 361 g/mol. The highest BCUT2D eigenvalue weighted by atomic mass is 32.2. The molecule has 0 spiro atoms. The lowest BCUT2D eigenvalue weighted by Crippen LogP contribution is -2.23. The van der Waals surface area contributed by atoms with Gasteiger partial charge < -0.3 is 10.2 Å². The maximum atomic E-state index is 12.3. The molecule has 1 aliphatic rings. The summed E-state index contributed by atoms with van der Waals surface area (Å²) in [6, 6.07) is 13.5. The quantitative estimate of drug-likeness (QED) is 0.754. The Morgan fingerprint density at radius 3 is 2.42 bits per heavy atom. The number of anilines is 1. The molecule has 0 unspecified atom stereocenters. The van der Waals surface area contributed by atoms with Gasteiger partial charge in [-0.1, -0.05) is 12.1 Å². The molecule has 1 heterocycles. The molecule has 7 heteroatoms. The van der Waals surface area contributed by atoms with Crippen LogP contribution in [0.1, 0.15) is 28.8 Å². The first-order valence-electron chi connectivity index (χ1n) is 8.39. The molecule has 0 aromatic heterocycles. The standard InChI is InChI=1S/C19H19F3N2OS/c20-19(21,22)26-17-8-6-15(7-9-17)18(25)23-13-14-4-3-5-16(12-14)24-10-1-2-11-24/h3-9,12H,1-2,10-11,13H2,(H,23,25). The van der Waals surface area contributed by atoms with Crippen LogP contribution in [-0.2, 0) is 6.54 Å². The van der Waals surface area contributed by atoms with Crippen molar-refractivity contribution in [2.75, 3.05) is 18.0 Å². The van der Waals surface area contributed by atoms with Crippen LogP contribution in [0.2, 0.25) is 0 Å². The molecule has 2 aromatic carbocycles. The number of hydrogen-bond acceptors (Lipinski definition) is 3. The van der Waals surface area contributed by atoms with Gasteiger partial charge in [0.1, 0.15) is 0 Å². The number of halogens is 3. The molecule has 0 radical (unpaired) electrons. The fourth-order valence-corrected chi connectivity index (χ4v) is 3.47. The molecule has 1 amide bonds. The Labute approximate surface area is 154 Å². The summed E-state index contributed by atoms with van der Waals surface area (Å²) in [5.41, 5.74) is -1.84. The van der Waals surface area contributed by atoms with Gasteiger partial charge in [-0.15, -0.1) is 0 Å². The third kappa shape index (κ3) is 5.17. The van der Waals surface area contributed by atoms with Crippen LogP contribution in [0.3, 0.4) is 0 Å². The summed E-state index contributed by atoms with van der Waals surface area (Å²) >= 11 is -0.191. The molecule has 3 nitrogen and oxygen atoms in total. The minimum absolute atomic E-state index is 0.0624. The van der Waals surface area contributed by atoms with E-state index in [9.17, 15) is 18.0 Å². The predicted molar refractivity (Wildman–Crippen MR) is 97.4 cm³/mol. The monoisotopic (exact) mass is 380 g/mol. The average molecular weight is 380 g/mol. The van der Waals surface area contributed by atoms with Crippen molar-refractivity contribution in [3.63, 3.8) is 0 Å². The summed E-state index contributed by atoms with van der Waals surface area (Å²) in [7, 11) is 0. The third-order valence-electron chi connectivity index (χ3n) is 4.18. The van der Waals surface area contributed by atoms with Crippen molar-refractivity contribution in [2.24, 2.45) is 0 Å². The van der Waals surface area contributed by atoms with E-state index < -0.39 is 5.51 Å². The van der Waals surface area contributed by atoms with E-state index in [0.29, 0.717) is 12.1 Å². The fourth-order valence-electron chi connectivity index (χ4n) is 2.93. The van der Waals surface area contributed by atoms with Crippen LogP contribution in [0.4, 0.5) is 18.9 Å². The zero-order valence-corrected chi connectivity index (χ0v) is 14.9. The van der Waals surface area contributed by atoms with E-state index >= 15 is 0 Å². The van der Waals surface area contributed by atoms with E-state index in [0.717, 1.165) is 24.3 Å².